The number of esters is 2. The summed E-state index contributed by atoms with van der Waals surface area (Å²) in [6.45, 7) is 1.04. The average Bonchev–Trinajstić information content (AvgIpc) is 2.80. The molecule has 0 unspecified atom stereocenters. The van der Waals surface area contributed by atoms with Gasteiger partial charge in [0.2, 0.25) is 0 Å². The third-order valence-corrected chi connectivity index (χ3v) is 5.15. The number of carbonyl (C=O) groups excluding carboxylic acids is 2. The van der Waals surface area contributed by atoms with Crippen LogP contribution in [0.25, 0.3) is 0 Å². The summed E-state index contributed by atoms with van der Waals surface area (Å²) in [6, 6.07) is 15.1. The summed E-state index contributed by atoms with van der Waals surface area (Å²) in [4.78, 5) is 25.7. The molecule has 0 bridgehead atoms. The summed E-state index contributed by atoms with van der Waals surface area (Å²) >= 11 is 0. The molecule has 6 heteroatoms. The number of para-hydroxylation sites is 1. The second kappa shape index (κ2) is 14.1. The Morgan fingerprint density at radius 3 is 2.09 bits per heavy atom. The Bertz CT molecular complexity index is 832. The van der Waals surface area contributed by atoms with Crippen molar-refractivity contribution in [1.29, 1.82) is 0 Å². The van der Waals surface area contributed by atoms with E-state index in [2.05, 4.69) is 0 Å². The lowest BCUT2D eigenvalue weighted by Crippen LogP contribution is -2.10. The molecule has 0 N–H and O–H groups in total. The highest BCUT2D eigenvalue weighted by Crippen LogP contribution is 2.19. The molecule has 0 aliphatic rings. The van der Waals surface area contributed by atoms with Crippen molar-refractivity contribution in [2.24, 2.45) is 0 Å². The first kappa shape index (κ1) is 25.2. The molecule has 0 atom stereocenters. The molecule has 0 spiro atoms. The highest BCUT2D eigenvalue weighted by Gasteiger charge is 2.11. The van der Waals surface area contributed by atoms with E-state index in [1.54, 1.807) is 18.2 Å². The molecule has 0 fully saturated rings. The number of hydrogen-bond acceptors (Lipinski definition) is 6. The van der Waals surface area contributed by atoms with Crippen LogP contribution < -0.4 is 9.64 Å². The minimum Gasteiger partial charge on any atom is -0.493 e. The van der Waals surface area contributed by atoms with Crippen molar-refractivity contribution in [3.8, 4) is 5.75 Å². The normalized spacial score (nSPS) is 10.5. The van der Waals surface area contributed by atoms with E-state index in [4.69, 9.17) is 14.2 Å². The van der Waals surface area contributed by atoms with Gasteiger partial charge in [0.05, 0.1) is 26.7 Å². The Labute approximate surface area is 191 Å². The van der Waals surface area contributed by atoms with Crippen molar-refractivity contribution in [3.63, 3.8) is 0 Å². The fourth-order valence-electron chi connectivity index (χ4n) is 3.28. The fraction of sp³-hybridized carbons (Fsp3) is 0.462. The van der Waals surface area contributed by atoms with E-state index in [1.165, 1.54) is 7.11 Å². The van der Waals surface area contributed by atoms with Crippen molar-refractivity contribution in [2.75, 3.05) is 39.3 Å². The van der Waals surface area contributed by atoms with E-state index in [1.807, 2.05) is 49.3 Å². The number of nitrogens with zero attached hydrogens (tertiary/aromatic N) is 1. The second-order valence-electron chi connectivity index (χ2n) is 7.92. The third kappa shape index (κ3) is 9.00. The number of methoxy groups -OCH3 is 1. The molecule has 174 valence electrons. The largest absolute Gasteiger partial charge is 0.493 e. The van der Waals surface area contributed by atoms with Gasteiger partial charge in [-0.1, -0.05) is 49.9 Å². The smallest absolute Gasteiger partial charge is 0.341 e. The van der Waals surface area contributed by atoms with E-state index in [0.717, 1.165) is 49.8 Å². The minimum absolute atomic E-state index is 0.174. The van der Waals surface area contributed by atoms with Gasteiger partial charge >= 0.3 is 11.9 Å². The first-order valence-corrected chi connectivity index (χ1v) is 11.2. The molecule has 0 aliphatic carbocycles. The first-order valence-electron chi connectivity index (χ1n) is 11.2. The van der Waals surface area contributed by atoms with E-state index in [-0.39, 0.29) is 11.9 Å². The fourth-order valence-corrected chi connectivity index (χ4v) is 3.28. The summed E-state index contributed by atoms with van der Waals surface area (Å²) in [5.74, 6) is 0.00494. The predicted molar refractivity (Wildman–Crippen MR) is 126 cm³/mol. The maximum atomic E-state index is 12.0. The maximum Gasteiger partial charge on any atom is 0.341 e. The average molecular weight is 442 g/mol. The number of unbranched alkanes of at least 4 members (excludes halogenated alkanes) is 5. The Morgan fingerprint density at radius 2 is 1.44 bits per heavy atom. The monoisotopic (exact) mass is 441 g/mol. The molecule has 32 heavy (non-hydrogen) atoms. The number of ether oxygens (including phenoxy) is 3. The van der Waals surface area contributed by atoms with Gasteiger partial charge in [-0.25, -0.2) is 4.79 Å². The molecule has 0 amide bonds. The van der Waals surface area contributed by atoms with Gasteiger partial charge in [0.25, 0.3) is 0 Å². The van der Waals surface area contributed by atoms with Crippen molar-refractivity contribution in [2.45, 2.75) is 44.9 Å². The van der Waals surface area contributed by atoms with Gasteiger partial charge in [-0.05, 0) is 42.7 Å². The van der Waals surface area contributed by atoms with Crippen LogP contribution in [0.5, 0.6) is 5.75 Å². The van der Waals surface area contributed by atoms with Crippen LogP contribution in [0.2, 0.25) is 0 Å². The number of hydrogen-bond donors (Lipinski definition) is 0. The van der Waals surface area contributed by atoms with Crippen molar-refractivity contribution in [3.05, 3.63) is 59.7 Å². The van der Waals surface area contributed by atoms with Crippen LogP contribution in [0.4, 0.5) is 5.69 Å². The summed E-state index contributed by atoms with van der Waals surface area (Å²) in [5.41, 5.74) is 2.53. The van der Waals surface area contributed by atoms with Gasteiger partial charge < -0.3 is 19.1 Å². The number of benzene rings is 2. The zero-order valence-corrected chi connectivity index (χ0v) is 19.5. The SMILES string of the molecule is COC(=O)c1ccccc1OCCCCCCCCOC(=O)Cc1ccc(N(C)C)cc1. The molecular formula is C26H35NO5. The Hall–Kier alpha value is -3.02. The van der Waals surface area contributed by atoms with Gasteiger partial charge in [0.15, 0.2) is 0 Å². The third-order valence-electron chi connectivity index (χ3n) is 5.15. The zero-order chi connectivity index (χ0) is 23.2. The molecule has 6 nitrogen and oxygen atoms in total. The van der Waals surface area contributed by atoms with E-state index in [0.29, 0.717) is 30.9 Å². The summed E-state index contributed by atoms with van der Waals surface area (Å²) in [6.07, 6.45) is 6.43. The quantitative estimate of drug-likeness (QED) is 0.302. The van der Waals surface area contributed by atoms with Crippen molar-refractivity contribution >= 4 is 17.6 Å². The van der Waals surface area contributed by atoms with Crippen LogP contribution in [0.15, 0.2) is 48.5 Å². The number of anilines is 1. The minimum atomic E-state index is -0.386. The van der Waals surface area contributed by atoms with Crippen molar-refractivity contribution in [1.82, 2.24) is 0 Å². The number of rotatable bonds is 14. The van der Waals surface area contributed by atoms with Crippen LogP contribution in [0, 0.1) is 0 Å². The van der Waals surface area contributed by atoms with Crippen LogP contribution in [0.1, 0.15) is 54.4 Å². The number of carbonyl (C=O) groups is 2. The van der Waals surface area contributed by atoms with Gasteiger partial charge in [-0.15, -0.1) is 0 Å². The first-order chi connectivity index (χ1) is 15.5. The molecular weight excluding hydrogens is 406 g/mol. The van der Waals surface area contributed by atoms with Gasteiger partial charge in [0, 0.05) is 19.8 Å². The second-order valence-corrected chi connectivity index (χ2v) is 7.92. The van der Waals surface area contributed by atoms with Crippen molar-refractivity contribution < 1.29 is 23.8 Å². The zero-order valence-electron chi connectivity index (χ0n) is 19.5. The van der Waals surface area contributed by atoms with Crippen LogP contribution in [0.3, 0.4) is 0 Å². The topological polar surface area (TPSA) is 65.1 Å². The van der Waals surface area contributed by atoms with Gasteiger partial charge in [0.1, 0.15) is 11.3 Å². The lowest BCUT2D eigenvalue weighted by molar-refractivity contribution is -0.142. The molecule has 0 saturated heterocycles. The van der Waals surface area contributed by atoms with E-state index < -0.39 is 0 Å². The Kier molecular flexibility index (Phi) is 11.1. The molecule has 0 saturated carbocycles. The molecule has 0 heterocycles. The standard InChI is InChI=1S/C26H35NO5/c1-27(2)22-16-14-21(15-17-22)20-25(28)32-19-11-7-5-4-6-10-18-31-24-13-9-8-12-23(24)26(29)30-3/h8-9,12-17H,4-7,10-11,18-20H2,1-3H3. The highest BCUT2D eigenvalue weighted by molar-refractivity contribution is 5.92. The molecule has 0 aromatic heterocycles. The van der Waals surface area contributed by atoms with Gasteiger partial charge in [-0.2, -0.15) is 0 Å². The molecule has 2 aromatic rings. The summed E-state index contributed by atoms with van der Waals surface area (Å²) < 4.78 is 15.9. The molecule has 2 rings (SSSR count). The molecule has 0 aliphatic heterocycles. The Balaban J connectivity index is 1.49. The van der Waals surface area contributed by atoms with Crippen LogP contribution >= 0.6 is 0 Å². The Morgan fingerprint density at radius 1 is 0.812 bits per heavy atom. The van der Waals surface area contributed by atoms with Crippen LogP contribution in [-0.4, -0.2) is 46.4 Å². The molecule has 0 radical (unpaired) electrons. The summed E-state index contributed by atoms with van der Waals surface area (Å²) in [7, 11) is 5.35. The van der Waals surface area contributed by atoms with Crippen LogP contribution in [-0.2, 0) is 20.7 Å². The van der Waals surface area contributed by atoms with E-state index >= 15 is 0 Å². The lowest BCUT2D eigenvalue weighted by atomic mass is 10.1. The van der Waals surface area contributed by atoms with E-state index in [9.17, 15) is 9.59 Å². The lowest BCUT2D eigenvalue weighted by Gasteiger charge is -2.12. The highest BCUT2D eigenvalue weighted by atomic mass is 16.5. The predicted octanol–water partition coefficient (Wildman–Crippen LogP) is 5.04. The maximum absolute atomic E-state index is 12.0. The summed E-state index contributed by atoms with van der Waals surface area (Å²) in [5, 5.41) is 0. The van der Waals surface area contributed by atoms with Gasteiger partial charge in [-0.3, -0.25) is 4.79 Å². The molecule has 2 aromatic carbocycles.